The molecule has 4 nitrogen and oxygen atoms in total. The first kappa shape index (κ1) is 13.2. The van der Waals surface area contributed by atoms with E-state index in [0.717, 1.165) is 0 Å². The Morgan fingerprint density at radius 1 is 1.36 bits per heavy atom. The highest BCUT2D eigenvalue weighted by molar-refractivity contribution is 5.73. The Balaban J connectivity index is 4.26. The lowest BCUT2D eigenvalue weighted by atomic mass is 10.00. The molecular formula is C10H22N2O2. The molecular weight excluding hydrogens is 180 g/mol. The zero-order chi connectivity index (χ0) is 11.5. The molecule has 0 aliphatic rings. The minimum Gasteiger partial charge on any atom is -0.390 e. The third-order valence-corrected chi connectivity index (χ3v) is 2.14. The second kappa shape index (κ2) is 4.64. The Morgan fingerprint density at radius 3 is 2.07 bits per heavy atom. The summed E-state index contributed by atoms with van der Waals surface area (Å²) in [5, 5.41) is 9.61. The van der Waals surface area contributed by atoms with Gasteiger partial charge in [0.25, 0.3) is 0 Å². The van der Waals surface area contributed by atoms with Crippen molar-refractivity contribution in [2.24, 2.45) is 0 Å². The largest absolute Gasteiger partial charge is 0.390 e. The lowest BCUT2D eigenvalue weighted by molar-refractivity contribution is 0.0463. The molecule has 0 aliphatic heterocycles. The molecule has 0 rings (SSSR count). The van der Waals surface area contributed by atoms with Gasteiger partial charge in [-0.05, 0) is 27.2 Å². The van der Waals surface area contributed by atoms with Crippen LogP contribution in [0.15, 0.2) is 0 Å². The molecule has 14 heavy (non-hydrogen) atoms. The van der Waals surface area contributed by atoms with E-state index in [4.69, 9.17) is 0 Å². The molecule has 2 amide bonds. The van der Waals surface area contributed by atoms with E-state index in [1.807, 2.05) is 6.92 Å². The molecule has 4 heteroatoms. The average molecular weight is 202 g/mol. The van der Waals surface area contributed by atoms with E-state index >= 15 is 0 Å². The molecule has 0 aromatic rings. The van der Waals surface area contributed by atoms with Crippen LogP contribution < -0.4 is 0 Å². The molecule has 0 saturated carbocycles. The van der Waals surface area contributed by atoms with Gasteiger partial charge in [0, 0.05) is 27.2 Å². The van der Waals surface area contributed by atoms with Crippen LogP contribution in [0.5, 0.6) is 0 Å². The zero-order valence-electron chi connectivity index (χ0n) is 10.0. The van der Waals surface area contributed by atoms with Crippen LogP contribution in [0.4, 0.5) is 4.79 Å². The maximum Gasteiger partial charge on any atom is 0.319 e. The monoisotopic (exact) mass is 202 g/mol. The Labute approximate surface area is 86.5 Å². The number of hydrogen-bond acceptors (Lipinski definition) is 2. The van der Waals surface area contributed by atoms with Crippen molar-refractivity contribution in [3.63, 3.8) is 0 Å². The van der Waals surface area contributed by atoms with Gasteiger partial charge < -0.3 is 14.9 Å². The third kappa shape index (κ3) is 4.46. The fraction of sp³-hybridized carbons (Fsp3) is 0.900. The Bertz CT molecular complexity index is 197. The van der Waals surface area contributed by atoms with Crippen LogP contribution in [0.2, 0.25) is 0 Å². The molecule has 84 valence electrons. The lowest BCUT2D eigenvalue weighted by Gasteiger charge is -2.31. The summed E-state index contributed by atoms with van der Waals surface area (Å²) >= 11 is 0. The van der Waals surface area contributed by atoms with E-state index in [1.54, 1.807) is 39.9 Å². The highest BCUT2D eigenvalue weighted by atomic mass is 16.3. The highest BCUT2D eigenvalue weighted by Crippen LogP contribution is 2.14. The zero-order valence-corrected chi connectivity index (χ0v) is 10.0. The van der Waals surface area contributed by atoms with Gasteiger partial charge in [0.1, 0.15) is 0 Å². The van der Waals surface area contributed by atoms with Gasteiger partial charge in [-0.25, -0.2) is 4.79 Å². The minimum atomic E-state index is -0.736. The number of carbonyl (C=O) groups excluding carboxylic acids is 1. The van der Waals surface area contributed by atoms with E-state index < -0.39 is 5.60 Å². The van der Waals surface area contributed by atoms with Crippen LogP contribution in [-0.2, 0) is 0 Å². The standard InChI is InChI=1S/C10H22N2O2/c1-8(7-10(2,3)14)12(6)9(13)11(4)5/h8,14H,7H2,1-6H3. The fourth-order valence-electron chi connectivity index (χ4n) is 1.36. The number of hydrogen-bond donors (Lipinski definition) is 1. The first-order valence-corrected chi connectivity index (χ1v) is 4.81. The van der Waals surface area contributed by atoms with Gasteiger partial charge in [-0.1, -0.05) is 0 Å². The van der Waals surface area contributed by atoms with Crippen LogP contribution in [0.25, 0.3) is 0 Å². The number of urea groups is 1. The molecule has 1 atom stereocenters. The molecule has 0 saturated heterocycles. The van der Waals surface area contributed by atoms with Crippen molar-refractivity contribution in [3.8, 4) is 0 Å². The van der Waals surface area contributed by atoms with Gasteiger partial charge in [-0.3, -0.25) is 0 Å². The fourth-order valence-corrected chi connectivity index (χ4v) is 1.36. The van der Waals surface area contributed by atoms with Crippen molar-refractivity contribution in [3.05, 3.63) is 0 Å². The van der Waals surface area contributed by atoms with Crippen molar-refractivity contribution >= 4 is 6.03 Å². The summed E-state index contributed by atoms with van der Waals surface area (Å²) in [4.78, 5) is 14.7. The van der Waals surface area contributed by atoms with E-state index in [9.17, 15) is 9.90 Å². The van der Waals surface area contributed by atoms with Crippen molar-refractivity contribution in [1.82, 2.24) is 9.80 Å². The molecule has 1 unspecified atom stereocenters. The maximum atomic E-state index is 11.5. The summed E-state index contributed by atoms with van der Waals surface area (Å²) in [7, 11) is 5.18. The molecule has 0 radical (unpaired) electrons. The molecule has 1 N–H and O–H groups in total. The van der Waals surface area contributed by atoms with Crippen molar-refractivity contribution in [2.45, 2.75) is 38.8 Å². The number of nitrogens with zero attached hydrogens (tertiary/aromatic N) is 2. The molecule has 0 aromatic heterocycles. The van der Waals surface area contributed by atoms with Gasteiger partial charge >= 0.3 is 6.03 Å². The smallest absolute Gasteiger partial charge is 0.319 e. The molecule has 0 spiro atoms. The number of rotatable bonds is 3. The quantitative estimate of drug-likeness (QED) is 0.746. The van der Waals surface area contributed by atoms with Gasteiger partial charge in [0.2, 0.25) is 0 Å². The highest BCUT2D eigenvalue weighted by Gasteiger charge is 2.23. The van der Waals surface area contributed by atoms with Crippen LogP contribution >= 0.6 is 0 Å². The Hall–Kier alpha value is -0.770. The maximum absolute atomic E-state index is 11.5. The average Bonchev–Trinajstić information content (AvgIpc) is 1.98. The molecule has 0 heterocycles. The number of carbonyl (C=O) groups is 1. The second-order valence-electron chi connectivity index (χ2n) is 4.65. The summed E-state index contributed by atoms with van der Waals surface area (Å²) in [5.41, 5.74) is -0.736. The van der Waals surface area contributed by atoms with Crippen molar-refractivity contribution in [1.29, 1.82) is 0 Å². The van der Waals surface area contributed by atoms with Gasteiger partial charge in [-0.2, -0.15) is 0 Å². The van der Waals surface area contributed by atoms with Crippen molar-refractivity contribution < 1.29 is 9.90 Å². The van der Waals surface area contributed by atoms with Crippen LogP contribution in [0.1, 0.15) is 27.2 Å². The molecule has 0 bridgehead atoms. The molecule has 0 fully saturated rings. The Kier molecular flexibility index (Phi) is 4.39. The number of aliphatic hydroxyl groups is 1. The molecule has 0 aliphatic carbocycles. The third-order valence-electron chi connectivity index (χ3n) is 2.14. The van der Waals surface area contributed by atoms with Gasteiger partial charge in [0.15, 0.2) is 0 Å². The van der Waals surface area contributed by atoms with Gasteiger partial charge in [-0.15, -0.1) is 0 Å². The second-order valence-corrected chi connectivity index (χ2v) is 4.65. The Morgan fingerprint density at radius 2 is 1.79 bits per heavy atom. The lowest BCUT2D eigenvalue weighted by Crippen LogP contribution is -2.44. The van der Waals surface area contributed by atoms with Crippen LogP contribution in [-0.4, -0.2) is 53.7 Å². The first-order chi connectivity index (χ1) is 6.15. The van der Waals surface area contributed by atoms with Crippen LogP contribution in [0.3, 0.4) is 0 Å². The summed E-state index contributed by atoms with van der Waals surface area (Å²) in [5.74, 6) is 0. The minimum absolute atomic E-state index is 0.0323. The van der Waals surface area contributed by atoms with E-state index in [1.165, 1.54) is 4.90 Å². The predicted octanol–water partition coefficient (Wildman–Crippen LogP) is 1.15. The van der Waals surface area contributed by atoms with E-state index in [2.05, 4.69) is 0 Å². The van der Waals surface area contributed by atoms with E-state index in [0.29, 0.717) is 6.42 Å². The first-order valence-electron chi connectivity index (χ1n) is 4.81. The summed E-state index contributed by atoms with van der Waals surface area (Å²) in [6, 6.07) is -0.00773. The van der Waals surface area contributed by atoms with E-state index in [-0.39, 0.29) is 12.1 Å². The topological polar surface area (TPSA) is 43.8 Å². The van der Waals surface area contributed by atoms with Gasteiger partial charge in [0.05, 0.1) is 5.60 Å². The summed E-state index contributed by atoms with van der Waals surface area (Å²) in [6.45, 7) is 5.42. The van der Waals surface area contributed by atoms with Crippen molar-refractivity contribution in [2.75, 3.05) is 21.1 Å². The predicted molar refractivity (Wildman–Crippen MR) is 57.2 cm³/mol. The normalized spacial score (nSPS) is 13.6. The summed E-state index contributed by atoms with van der Waals surface area (Å²) in [6.07, 6.45) is 0.573. The molecule has 0 aromatic carbocycles. The number of amides is 2. The van der Waals surface area contributed by atoms with Crippen LogP contribution in [0, 0.1) is 0 Å². The summed E-state index contributed by atoms with van der Waals surface area (Å²) < 4.78 is 0. The SMILES string of the molecule is CC(CC(C)(C)O)N(C)C(=O)N(C)C.